The summed E-state index contributed by atoms with van der Waals surface area (Å²) in [6, 6.07) is 0. The lowest BCUT2D eigenvalue weighted by Crippen LogP contribution is -2.21. The molecule has 78 valence electrons. The summed E-state index contributed by atoms with van der Waals surface area (Å²) in [4.78, 5) is 0. The molecule has 0 rings (SSSR count). The van der Waals surface area contributed by atoms with Crippen LogP contribution in [0.25, 0.3) is 0 Å². The van der Waals surface area contributed by atoms with E-state index in [1.54, 1.807) is 7.11 Å². The second-order valence-electron chi connectivity index (χ2n) is 3.80. The van der Waals surface area contributed by atoms with Gasteiger partial charge < -0.3 is 4.74 Å². The van der Waals surface area contributed by atoms with Crippen LogP contribution in [0, 0.1) is 0 Å². The molecular formula is C9H19NO2S. The first-order chi connectivity index (χ1) is 5.91. The molecule has 0 aromatic rings. The number of nitrogens with zero attached hydrogens (tertiary/aromatic N) is 1. The third-order valence-electron chi connectivity index (χ3n) is 1.41. The van der Waals surface area contributed by atoms with Gasteiger partial charge >= 0.3 is 0 Å². The van der Waals surface area contributed by atoms with Crippen LogP contribution < -0.4 is 0 Å². The Labute approximate surface area is 83.2 Å². The average molecular weight is 205 g/mol. The lowest BCUT2D eigenvalue weighted by atomic mass is 10.3. The molecule has 1 atom stereocenters. The molecule has 0 aliphatic heterocycles. The maximum absolute atomic E-state index is 11.6. The van der Waals surface area contributed by atoms with Crippen molar-refractivity contribution >= 4 is 16.9 Å². The van der Waals surface area contributed by atoms with Crippen molar-refractivity contribution in [2.24, 2.45) is 4.40 Å². The summed E-state index contributed by atoms with van der Waals surface area (Å²) in [6.07, 6.45) is 1.70. The van der Waals surface area contributed by atoms with E-state index in [0.29, 0.717) is 5.90 Å². The minimum atomic E-state index is -1.21. The predicted molar refractivity (Wildman–Crippen MR) is 57.2 cm³/mol. The zero-order valence-electron chi connectivity index (χ0n) is 9.09. The number of hydrogen-bond donors (Lipinski definition) is 0. The monoisotopic (exact) mass is 205 g/mol. The SMILES string of the molecule is CCC/C(=N/S(=O)C(C)(C)C)OC. The molecule has 0 aliphatic rings. The minimum absolute atomic E-state index is 0.308. The minimum Gasteiger partial charge on any atom is -0.484 e. The maximum atomic E-state index is 11.6. The van der Waals surface area contributed by atoms with E-state index < -0.39 is 11.0 Å². The molecule has 0 saturated carbocycles. The number of methoxy groups -OCH3 is 1. The third-order valence-corrected chi connectivity index (χ3v) is 2.83. The average Bonchev–Trinajstić information content (AvgIpc) is 2.01. The lowest BCUT2D eigenvalue weighted by molar-refractivity contribution is 0.390. The fourth-order valence-corrected chi connectivity index (χ4v) is 1.25. The van der Waals surface area contributed by atoms with Crippen molar-refractivity contribution in [2.45, 2.75) is 45.3 Å². The van der Waals surface area contributed by atoms with Gasteiger partial charge in [0.15, 0.2) is 5.90 Å². The molecule has 4 heteroatoms. The van der Waals surface area contributed by atoms with Crippen molar-refractivity contribution in [3.05, 3.63) is 0 Å². The van der Waals surface area contributed by atoms with Crippen LogP contribution in [0.3, 0.4) is 0 Å². The fourth-order valence-electron chi connectivity index (χ4n) is 0.628. The molecule has 0 heterocycles. The maximum Gasteiger partial charge on any atom is 0.197 e. The lowest BCUT2D eigenvalue weighted by Gasteiger charge is -2.14. The Bertz CT molecular complexity index is 206. The van der Waals surface area contributed by atoms with Crippen molar-refractivity contribution in [1.82, 2.24) is 0 Å². The van der Waals surface area contributed by atoms with E-state index in [4.69, 9.17) is 4.74 Å². The molecule has 0 amide bonds. The van der Waals surface area contributed by atoms with E-state index in [2.05, 4.69) is 4.40 Å². The van der Waals surface area contributed by atoms with Crippen LogP contribution in [0.2, 0.25) is 0 Å². The first kappa shape index (κ1) is 12.6. The number of ether oxygens (including phenoxy) is 1. The van der Waals surface area contributed by atoms with Crippen LogP contribution in [-0.2, 0) is 15.7 Å². The van der Waals surface area contributed by atoms with Crippen LogP contribution in [0.4, 0.5) is 0 Å². The van der Waals surface area contributed by atoms with Crippen LogP contribution >= 0.6 is 0 Å². The molecule has 13 heavy (non-hydrogen) atoms. The highest BCUT2D eigenvalue weighted by Crippen LogP contribution is 2.13. The van der Waals surface area contributed by atoms with Gasteiger partial charge in [0.05, 0.1) is 11.9 Å². The first-order valence-electron chi connectivity index (χ1n) is 4.45. The van der Waals surface area contributed by atoms with Gasteiger partial charge in [0.1, 0.15) is 11.0 Å². The molecule has 0 spiro atoms. The van der Waals surface area contributed by atoms with Gasteiger partial charge in [-0.15, -0.1) is 0 Å². The van der Waals surface area contributed by atoms with E-state index in [-0.39, 0.29) is 4.75 Å². The highest BCUT2D eigenvalue weighted by atomic mass is 32.2. The molecule has 0 radical (unpaired) electrons. The van der Waals surface area contributed by atoms with E-state index in [1.807, 2.05) is 27.7 Å². The topological polar surface area (TPSA) is 38.7 Å². The van der Waals surface area contributed by atoms with Gasteiger partial charge in [-0.05, 0) is 27.2 Å². The molecule has 0 fully saturated rings. The van der Waals surface area contributed by atoms with Crippen LogP contribution in [-0.4, -0.2) is 22.0 Å². The summed E-state index contributed by atoms with van der Waals surface area (Å²) in [5, 5.41) is 0. The largest absolute Gasteiger partial charge is 0.484 e. The number of rotatable bonds is 3. The van der Waals surface area contributed by atoms with E-state index in [1.165, 1.54) is 0 Å². The molecule has 0 saturated heterocycles. The number of hydrogen-bond acceptors (Lipinski definition) is 2. The molecule has 3 nitrogen and oxygen atoms in total. The zero-order valence-corrected chi connectivity index (χ0v) is 9.90. The summed E-state index contributed by atoms with van der Waals surface area (Å²) in [5.74, 6) is 0.579. The Kier molecular flexibility index (Phi) is 5.21. The molecule has 0 aliphatic carbocycles. The van der Waals surface area contributed by atoms with Crippen molar-refractivity contribution in [3.63, 3.8) is 0 Å². The van der Waals surface area contributed by atoms with Gasteiger partial charge in [-0.25, -0.2) is 4.21 Å². The van der Waals surface area contributed by atoms with Gasteiger partial charge in [-0.2, -0.15) is 4.40 Å². The molecule has 0 aromatic heterocycles. The Balaban J connectivity index is 4.42. The standard InChI is InChI=1S/C9H19NO2S/c1-6-7-8(12-5)10-13(11)9(2,3)4/h6-7H2,1-5H3/b10-8-. The van der Waals surface area contributed by atoms with E-state index >= 15 is 0 Å². The predicted octanol–water partition coefficient (Wildman–Crippen LogP) is 2.29. The second kappa shape index (κ2) is 5.37. The highest BCUT2D eigenvalue weighted by Gasteiger charge is 2.19. The quantitative estimate of drug-likeness (QED) is 0.524. The zero-order chi connectivity index (χ0) is 10.5. The molecule has 0 bridgehead atoms. The molecule has 0 aromatic carbocycles. The Morgan fingerprint density at radius 1 is 1.46 bits per heavy atom. The van der Waals surface area contributed by atoms with Gasteiger partial charge in [-0.3, -0.25) is 0 Å². The summed E-state index contributed by atoms with van der Waals surface area (Å²) >= 11 is 0. The van der Waals surface area contributed by atoms with Gasteiger partial charge in [0, 0.05) is 6.42 Å². The smallest absolute Gasteiger partial charge is 0.197 e. The van der Waals surface area contributed by atoms with E-state index in [0.717, 1.165) is 12.8 Å². The molecular weight excluding hydrogens is 186 g/mol. The summed E-state index contributed by atoms with van der Waals surface area (Å²) in [7, 11) is 0.358. The summed E-state index contributed by atoms with van der Waals surface area (Å²) < 4.78 is 20.3. The first-order valence-corrected chi connectivity index (χ1v) is 5.56. The van der Waals surface area contributed by atoms with Crippen LogP contribution in [0.5, 0.6) is 0 Å². The van der Waals surface area contributed by atoms with Crippen LogP contribution in [0.1, 0.15) is 40.5 Å². The Morgan fingerprint density at radius 2 is 2.00 bits per heavy atom. The van der Waals surface area contributed by atoms with Gasteiger partial charge in [-0.1, -0.05) is 6.92 Å². The Hall–Kier alpha value is -0.380. The van der Waals surface area contributed by atoms with Gasteiger partial charge in [0.2, 0.25) is 0 Å². The van der Waals surface area contributed by atoms with Gasteiger partial charge in [0.25, 0.3) is 0 Å². The third kappa shape index (κ3) is 5.03. The summed E-state index contributed by atoms with van der Waals surface area (Å²) in [6.45, 7) is 7.72. The van der Waals surface area contributed by atoms with Crippen molar-refractivity contribution in [3.8, 4) is 0 Å². The van der Waals surface area contributed by atoms with Crippen LogP contribution in [0.15, 0.2) is 4.40 Å². The Morgan fingerprint density at radius 3 is 2.31 bits per heavy atom. The highest BCUT2D eigenvalue weighted by molar-refractivity contribution is 7.85. The molecule has 0 N–H and O–H groups in total. The van der Waals surface area contributed by atoms with E-state index in [9.17, 15) is 4.21 Å². The van der Waals surface area contributed by atoms with Crippen molar-refractivity contribution in [2.75, 3.05) is 7.11 Å². The second-order valence-corrected chi connectivity index (χ2v) is 5.71. The fraction of sp³-hybridized carbons (Fsp3) is 0.889. The van der Waals surface area contributed by atoms with Crippen molar-refractivity contribution < 1.29 is 8.95 Å². The normalized spacial score (nSPS) is 15.6. The van der Waals surface area contributed by atoms with Crippen molar-refractivity contribution in [1.29, 1.82) is 0 Å². The molecule has 1 unspecified atom stereocenters. The summed E-state index contributed by atoms with van der Waals surface area (Å²) in [5.41, 5.74) is 0.